The molecular weight excluding hydrogens is 380 g/mol. The number of para-hydroxylation sites is 1. The summed E-state index contributed by atoms with van der Waals surface area (Å²) >= 11 is 0. The van der Waals surface area contributed by atoms with Gasteiger partial charge in [-0.15, -0.1) is 0 Å². The third kappa shape index (κ3) is 5.44. The van der Waals surface area contributed by atoms with Gasteiger partial charge in [0.2, 0.25) is 5.91 Å². The summed E-state index contributed by atoms with van der Waals surface area (Å²) in [5, 5.41) is 12.6. The number of hydrogen-bond donors (Lipinski definition) is 3. The summed E-state index contributed by atoms with van der Waals surface area (Å²) < 4.78 is 1.66. The summed E-state index contributed by atoms with van der Waals surface area (Å²) in [5.41, 5.74) is 2.50. The Morgan fingerprint density at radius 1 is 0.933 bits per heavy atom. The van der Waals surface area contributed by atoms with Crippen LogP contribution in [0, 0.1) is 5.92 Å². The highest BCUT2D eigenvalue weighted by Gasteiger charge is 2.25. The van der Waals surface area contributed by atoms with Crippen molar-refractivity contribution in [3.63, 3.8) is 0 Å². The van der Waals surface area contributed by atoms with Gasteiger partial charge in [-0.2, -0.15) is 5.10 Å². The number of hydrogen-bond acceptors (Lipinski definition) is 4. The van der Waals surface area contributed by atoms with Gasteiger partial charge in [0.05, 0.1) is 11.7 Å². The van der Waals surface area contributed by atoms with Gasteiger partial charge in [-0.25, -0.2) is 14.5 Å². The maximum Gasteiger partial charge on any atom is 0.319 e. The minimum Gasteiger partial charge on any atom is -0.348 e. The van der Waals surface area contributed by atoms with Crippen LogP contribution in [0.4, 0.5) is 10.5 Å². The lowest BCUT2D eigenvalue weighted by atomic mass is 10.0. The molecule has 3 aromatic rings. The van der Waals surface area contributed by atoms with E-state index in [1.165, 1.54) is 6.33 Å². The highest BCUT2D eigenvalue weighted by Crippen LogP contribution is 2.16. The molecule has 0 bridgehead atoms. The van der Waals surface area contributed by atoms with Crippen LogP contribution in [0.15, 0.2) is 67.3 Å². The van der Waals surface area contributed by atoms with Crippen molar-refractivity contribution in [2.24, 2.45) is 5.92 Å². The third-order valence-corrected chi connectivity index (χ3v) is 4.70. The fourth-order valence-corrected chi connectivity index (χ4v) is 3.01. The number of rotatable bonds is 7. The van der Waals surface area contributed by atoms with Crippen LogP contribution < -0.4 is 16.0 Å². The van der Waals surface area contributed by atoms with Crippen molar-refractivity contribution >= 4 is 17.6 Å². The van der Waals surface area contributed by atoms with Crippen LogP contribution >= 0.6 is 0 Å². The molecule has 0 fully saturated rings. The Balaban J connectivity index is 1.60. The van der Waals surface area contributed by atoms with E-state index < -0.39 is 12.1 Å². The van der Waals surface area contributed by atoms with E-state index in [9.17, 15) is 9.59 Å². The van der Waals surface area contributed by atoms with Crippen molar-refractivity contribution in [1.29, 1.82) is 0 Å². The zero-order chi connectivity index (χ0) is 21.5. The van der Waals surface area contributed by atoms with Crippen LogP contribution in [0.2, 0.25) is 0 Å². The van der Waals surface area contributed by atoms with E-state index in [1.807, 2.05) is 63.2 Å². The van der Waals surface area contributed by atoms with Crippen LogP contribution in [0.5, 0.6) is 0 Å². The number of carbonyl (C=O) groups excluding carboxylic acids is 2. The van der Waals surface area contributed by atoms with Crippen molar-refractivity contribution in [1.82, 2.24) is 25.4 Å². The first-order valence-electron chi connectivity index (χ1n) is 9.82. The number of anilines is 1. The molecule has 0 aliphatic carbocycles. The number of nitrogens with one attached hydrogen (secondary N) is 3. The fourth-order valence-electron chi connectivity index (χ4n) is 3.01. The Hall–Kier alpha value is -3.68. The van der Waals surface area contributed by atoms with Gasteiger partial charge in [-0.05, 0) is 42.7 Å². The van der Waals surface area contributed by atoms with E-state index in [-0.39, 0.29) is 17.9 Å². The Morgan fingerprint density at radius 2 is 1.63 bits per heavy atom. The molecule has 0 aliphatic heterocycles. The van der Waals surface area contributed by atoms with E-state index >= 15 is 0 Å². The first-order valence-corrected chi connectivity index (χ1v) is 9.82. The Morgan fingerprint density at radius 3 is 2.23 bits per heavy atom. The largest absolute Gasteiger partial charge is 0.348 e. The lowest BCUT2D eigenvalue weighted by molar-refractivity contribution is -0.124. The molecule has 0 saturated carbocycles. The molecule has 1 aromatic heterocycles. The molecule has 8 nitrogen and oxygen atoms in total. The normalized spacial score (nSPS) is 12.8. The molecule has 0 saturated heterocycles. The van der Waals surface area contributed by atoms with Crippen molar-refractivity contribution < 1.29 is 9.59 Å². The van der Waals surface area contributed by atoms with E-state index in [0.717, 1.165) is 11.3 Å². The summed E-state index contributed by atoms with van der Waals surface area (Å²) in [4.78, 5) is 29.1. The van der Waals surface area contributed by atoms with Gasteiger partial charge in [0.15, 0.2) is 0 Å². The van der Waals surface area contributed by atoms with Crippen LogP contribution in [-0.4, -0.2) is 32.7 Å². The molecule has 2 unspecified atom stereocenters. The molecule has 8 heteroatoms. The zero-order valence-corrected chi connectivity index (χ0v) is 17.2. The molecule has 0 aliphatic rings. The second-order valence-corrected chi connectivity index (χ2v) is 7.35. The van der Waals surface area contributed by atoms with Crippen LogP contribution in [-0.2, 0) is 4.79 Å². The number of aromatic nitrogens is 3. The van der Waals surface area contributed by atoms with Crippen molar-refractivity contribution in [3.8, 4) is 5.69 Å². The second kappa shape index (κ2) is 9.69. The molecule has 2 aromatic carbocycles. The number of amides is 3. The highest BCUT2D eigenvalue weighted by atomic mass is 16.2. The minimum atomic E-state index is -0.661. The molecule has 30 heavy (non-hydrogen) atoms. The summed E-state index contributed by atoms with van der Waals surface area (Å²) in [5.74, 6) is -0.311. The van der Waals surface area contributed by atoms with Gasteiger partial charge >= 0.3 is 6.03 Å². The van der Waals surface area contributed by atoms with Crippen molar-refractivity contribution in [3.05, 3.63) is 72.8 Å². The van der Waals surface area contributed by atoms with Gasteiger partial charge < -0.3 is 16.0 Å². The van der Waals surface area contributed by atoms with Gasteiger partial charge in [0, 0.05) is 5.69 Å². The predicted molar refractivity (Wildman–Crippen MR) is 115 cm³/mol. The summed E-state index contributed by atoms with van der Waals surface area (Å²) in [6.45, 7) is 5.69. The van der Waals surface area contributed by atoms with Crippen LogP contribution in [0.25, 0.3) is 5.69 Å². The maximum atomic E-state index is 12.8. The first-order chi connectivity index (χ1) is 14.4. The molecule has 156 valence electrons. The summed E-state index contributed by atoms with van der Waals surface area (Å²) in [7, 11) is 0. The predicted octanol–water partition coefficient (Wildman–Crippen LogP) is 3.29. The molecule has 3 rings (SSSR count). The number of carbonyl (C=O) groups is 2. The standard InChI is InChI=1S/C22H26N6O2/c1-15(2)20(27-22(30)26-18-7-5-4-6-8-18)21(29)25-16(3)17-9-11-19(12-10-17)28-14-23-13-24-28/h4-16,20H,1-3H3,(H,25,29)(H2,26,27,30). The molecule has 0 spiro atoms. The third-order valence-electron chi connectivity index (χ3n) is 4.70. The van der Waals surface area contributed by atoms with E-state index in [1.54, 1.807) is 23.1 Å². The van der Waals surface area contributed by atoms with Crippen LogP contribution in [0.1, 0.15) is 32.4 Å². The highest BCUT2D eigenvalue weighted by molar-refractivity contribution is 5.93. The zero-order valence-electron chi connectivity index (χ0n) is 17.2. The molecule has 3 amide bonds. The summed E-state index contributed by atoms with van der Waals surface area (Å²) in [6, 6.07) is 15.5. The molecular formula is C22H26N6O2. The lowest BCUT2D eigenvalue weighted by Gasteiger charge is -2.24. The monoisotopic (exact) mass is 406 g/mol. The minimum absolute atomic E-state index is 0.0755. The van der Waals surface area contributed by atoms with Crippen LogP contribution in [0.3, 0.4) is 0 Å². The Kier molecular flexibility index (Phi) is 6.79. The quantitative estimate of drug-likeness (QED) is 0.560. The van der Waals surface area contributed by atoms with Gasteiger partial charge in [0.1, 0.15) is 18.7 Å². The molecule has 0 radical (unpaired) electrons. The van der Waals surface area contributed by atoms with Crippen molar-refractivity contribution in [2.45, 2.75) is 32.9 Å². The molecule has 2 atom stereocenters. The molecule has 3 N–H and O–H groups in total. The number of nitrogens with zero attached hydrogens (tertiary/aromatic N) is 3. The van der Waals surface area contributed by atoms with Gasteiger partial charge in [0.25, 0.3) is 0 Å². The SMILES string of the molecule is CC(NC(=O)C(NC(=O)Nc1ccccc1)C(C)C)c1ccc(-n2cncn2)cc1. The lowest BCUT2D eigenvalue weighted by Crippen LogP contribution is -2.51. The topological polar surface area (TPSA) is 101 Å². The average Bonchev–Trinajstić information content (AvgIpc) is 3.27. The van der Waals surface area contributed by atoms with Gasteiger partial charge in [-0.1, -0.05) is 44.2 Å². The van der Waals surface area contributed by atoms with Crippen molar-refractivity contribution in [2.75, 3.05) is 5.32 Å². The fraction of sp³-hybridized carbons (Fsp3) is 0.273. The number of benzene rings is 2. The van der Waals surface area contributed by atoms with E-state index in [4.69, 9.17) is 0 Å². The first kappa shape index (κ1) is 21.0. The summed E-state index contributed by atoms with van der Waals surface area (Å²) in [6.07, 6.45) is 3.10. The second-order valence-electron chi connectivity index (χ2n) is 7.35. The average molecular weight is 406 g/mol. The smallest absolute Gasteiger partial charge is 0.319 e. The number of urea groups is 1. The maximum absolute atomic E-state index is 12.8. The van der Waals surface area contributed by atoms with E-state index in [2.05, 4.69) is 26.0 Å². The van der Waals surface area contributed by atoms with E-state index in [0.29, 0.717) is 5.69 Å². The Labute approximate surface area is 175 Å². The molecule has 1 heterocycles. The Bertz CT molecular complexity index is 955. The van der Waals surface area contributed by atoms with Gasteiger partial charge in [-0.3, -0.25) is 4.79 Å².